The third kappa shape index (κ3) is 1.73. The summed E-state index contributed by atoms with van der Waals surface area (Å²) < 4.78 is 0. The molecule has 4 aromatic carbocycles. The molecule has 4 aromatic rings. The topological polar surface area (TPSA) is 40.5 Å². The Hall–Kier alpha value is -2.68. The lowest BCUT2D eigenvalue weighted by molar-refractivity contribution is -0.0188. The molecule has 0 saturated heterocycles. The van der Waals surface area contributed by atoms with Crippen LogP contribution in [-0.2, 0) is 0 Å². The molecule has 0 fully saturated rings. The Balaban J connectivity index is 1.70. The zero-order valence-electron chi connectivity index (χ0n) is 14.1. The van der Waals surface area contributed by atoms with E-state index < -0.39 is 12.2 Å². The molecule has 2 N–H and O–H groups in total. The molecule has 2 nitrogen and oxygen atoms in total. The summed E-state index contributed by atoms with van der Waals surface area (Å²) in [6.45, 7) is 0. The van der Waals surface area contributed by atoms with Crippen molar-refractivity contribution in [1.82, 2.24) is 0 Å². The first-order valence-electron chi connectivity index (χ1n) is 9.15. The van der Waals surface area contributed by atoms with Crippen molar-refractivity contribution in [2.24, 2.45) is 11.8 Å². The van der Waals surface area contributed by atoms with E-state index in [4.69, 9.17) is 0 Å². The van der Waals surface area contributed by atoms with E-state index in [0.717, 1.165) is 5.57 Å². The molecule has 0 aliphatic heterocycles. The van der Waals surface area contributed by atoms with Crippen LogP contribution in [-0.4, -0.2) is 22.4 Å². The predicted molar refractivity (Wildman–Crippen MR) is 106 cm³/mol. The standard InChI is InChI=1S/C24H18O2/c25-23-16-8-11-19(24(23)26)20(12-16)17-9-6-15-5-4-13-2-1-3-14-7-10-18(17)22(15)21(13)14/h1-12,16,19,23-26H. The third-order valence-corrected chi connectivity index (χ3v) is 6.22. The molecule has 0 amide bonds. The number of aliphatic hydroxyl groups excluding tert-OH is 2. The summed E-state index contributed by atoms with van der Waals surface area (Å²) in [4.78, 5) is 0. The van der Waals surface area contributed by atoms with Crippen molar-refractivity contribution < 1.29 is 10.2 Å². The van der Waals surface area contributed by atoms with E-state index in [0.29, 0.717) is 0 Å². The highest BCUT2D eigenvalue weighted by molar-refractivity contribution is 6.24. The summed E-state index contributed by atoms with van der Waals surface area (Å²) in [5, 5.41) is 28.3. The van der Waals surface area contributed by atoms with E-state index in [1.165, 1.54) is 37.9 Å². The first-order chi connectivity index (χ1) is 12.7. The number of hydrogen-bond donors (Lipinski definition) is 2. The summed E-state index contributed by atoms with van der Waals surface area (Å²) in [6, 6.07) is 19.6. The molecule has 3 aliphatic rings. The molecule has 4 atom stereocenters. The smallest absolute Gasteiger partial charge is 0.0910 e. The molecule has 0 heterocycles. The Morgan fingerprint density at radius 1 is 0.654 bits per heavy atom. The Morgan fingerprint density at radius 2 is 1.35 bits per heavy atom. The molecule has 2 heteroatoms. The van der Waals surface area contributed by atoms with Gasteiger partial charge in [0.2, 0.25) is 0 Å². The van der Waals surface area contributed by atoms with Crippen LogP contribution in [0, 0.1) is 11.8 Å². The molecule has 2 bridgehead atoms. The maximum Gasteiger partial charge on any atom is 0.0910 e. The fourth-order valence-corrected chi connectivity index (χ4v) is 4.93. The van der Waals surface area contributed by atoms with Gasteiger partial charge in [0.1, 0.15) is 0 Å². The Bertz CT molecular complexity index is 1220. The minimum Gasteiger partial charge on any atom is -0.389 e. The summed E-state index contributed by atoms with van der Waals surface area (Å²) in [5.41, 5.74) is 2.30. The van der Waals surface area contributed by atoms with Crippen LogP contribution in [0.4, 0.5) is 0 Å². The predicted octanol–water partition coefficient (Wildman–Crippen LogP) is 4.51. The van der Waals surface area contributed by atoms with Crippen molar-refractivity contribution in [2.45, 2.75) is 12.2 Å². The maximum absolute atomic E-state index is 10.5. The van der Waals surface area contributed by atoms with Gasteiger partial charge in [0, 0.05) is 11.8 Å². The summed E-state index contributed by atoms with van der Waals surface area (Å²) in [5.74, 6) is -0.253. The van der Waals surface area contributed by atoms with Gasteiger partial charge >= 0.3 is 0 Å². The van der Waals surface area contributed by atoms with Gasteiger partial charge in [0.15, 0.2) is 0 Å². The van der Waals surface area contributed by atoms with Gasteiger partial charge in [-0.2, -0.15) is 0 Å². The average Bonchev–Trinajstić information content (AvgIpc) is 2.69. The van der Waals surface area contributed by atoms with Crippen molar-refractivity contribution in [3.8, 4) is 0 Å². The molecular formula is C24H18O2. The average molecular weight is 338 g/mol. The van der Waals surface area contributed by atoms with Gasteiger partial charge in [0.05, 0.1) is 12.2 Å². The molecule has 4 unspecified atom stereocenters. The number of aliphatic hydroxyl groups is 2. The second-order valence-corrected chi connectivity index (χ2v) is 7.56. The van der Waals surface area contributed by atoms with E-state index in [-0.39, 0.29) is 11.8 Å². The molecular weight excluding hydrogens is 320 g/mol. The van der Waals surface area contributed by atoms with Gasteiger partial charge in [-0.3, -0.25) is 0 Å². The number of benzene rings is 4. The normalized spacial score (nSPS) is 27.7. The number of hydrogen-bond acceptors (Lipinski definition) is 2. The van der Waals surface area contributed by atoms with Crippen molar-refractivity contribution in [3.63, 3.8) is 0 Å². The number of fused-ring (bicyclic) bond motifs is 1. The van der Waals surface area contributed by atoms with Crippen LogP contribution in [0.15, 0.2) is 72.8 Å². The van der Waals surface area contributed by atoms with Gasteiger partial charge < -0.3 is 10.2 Å². The van der Waals surface area contributed by atoms with Crippen molar-refractivity contribution in [1.29, 1.82) is 0 Å². The zero-order valence-corrected chi connectivity index (χ0v) is 14.1. The van der Waals surface area contributed by atoms with E-state index in [1.54, 1.807) is 0 Å². The van der Waals surface area contributed by atoms with Crippen molar-refractivity contribution in [3.05, 3.63) is 78.4 Å². The maximum atomic E-state index is 10.5. The molecule has 0 aromatic heterocycles. The lowest BCUT2D eigenvalue weighted by Gasteiger charge is -2.39. The summed E-state index contributed by atoms with van der Waals surface area (Å²) in [7, 11) is 0. The summed E-state index contributed by atoms with van der Waals surface area (Å²) in [6.07, 6.45) is 4.77. The highest BCUT2D eigenvalue weighted by Gasteiger charge is 2.40. The minimum atomic E-state index is -0.733. The van der Waals surface area contributed by atoms with Gasteiger partial charge in [0.25, 0.3) is 0 Å². The van der Waals surface area contributed by atoms with Crippen LogP contribution < -0.4 is 0 Å². The van der Waals surface area contributed by atoms with Gasteiger partial charge in [-0.25, -0.2) is 0 Å². The molecule has 26 heavy (non-hydrogen) atoms. The van der Waals surface area contributed by atoms with Crippen molar-refractivity contribution >= 4 is 37.9 Å². The molecule has 0 spiro atoms. The lowest BCUT2D eigenvalue weighted by atomic mass is 9.70. The van der Waals surface area contributed by atoms with Gasteiger partial charge in [-0.1, -0.05) is 72.8 Å². The minimum absolute atomic E-state index is 0.108. The van der Waals surface area contributed by atoms with Gasteiger partial charge in [-0.15, -0.1) is 0 Å². The highest BCUT2D eigenvalue weighted by Crippen LogP contribution is 2.45. The van der Waals surface area contributed by atoms with E-state index in [9.17, 15) is 10.2 Å². The van der Waals surface area contributed by atoms with Crippen molar-refractivity contribution in [2.75, 3.05) is 0 Å². The SMILES string of the molecule is OC1C2C=CC(C(c3ccc4ccc5cccc6ccc3c4c56)=C2)C1O. The lowest BCUT2D eigenvalue weighted by Crippen LogP contribution is -2.44. The third-order valence-electron chi connectivity index (χ3n) is 6.22. The quantitative estimate of drug-likeness (QED) is 0.396. The summed E-state index contributed by atoms with van der Waals surface area (Å²) >= 11 is 0. The van der Waals surface area contributed by atoms with Crippen LogP contribution in [0.5, 0.6) is 0 Å². The monoisotopic (exact) mass is 338 g/mol. The van der Waals surface area contributed by atoms with E-state index in [2.05, 4.69) is 66.7 Å². The van der Waals surface area contributed by atoms with E-state index >= 15 is 0 Å². The zero-order chi connectivity index (χ0) is 17.4. The second kappa shape index (κ2) is 4.94. The van der Waals surface area contributed by atoms with Crippen LogP contribution in [0.1, 0.15) is 5.56 Å². The Kier molecular flexibility index (Phi) is 2.75. The largest absolute Gasteiger partial charge is 0.389 e. The van der Waals surface area contributed by atoms with Crippen LogP contribution in [0.25, 0.3) is 37.9 Å². The second-order valence-electron chi connectivity index (χ2n) is 7.56. The molecule has 3 aliphatic carbocycles. The molecule has 126 valence electrons. The highest BCUT2D eigenvalue weighted by atomic mass is 16.3. The molecule has 0 saturated carbocycles. The van der Waals surface area contributed by atoms with Gasteiger partial charge in [-0.05, 0) is 43.5 Å². The molecule has 0 radical (unpaired) electrons. The van der Waals surface area contributed by atoms with Crippen LogP contribution >= 0.6 is 0 Å². The fourth-order valence-electron chi connectivity index (χ4n) is 4.93. The molecule has 7 rings (SSSR count). The van der Waals surface area contributed by atoms with Crippen LogP contribution in [0.3, 0.4) is 0 Å². The first-order valence-corrected chi connectivity index (χ1v) is 9.15. The first kappa shape index (κ1) is 14.5. The van der Waals surface area contributed by atoms with E-state index in [1.807, 2.05) is 6.08 Å². The Morgan fingerprint density at radius 3 is 2.12 bits per heavy atom. The fraction of sp³-hybridized carbons (Fsp3) is 0.167. The van der Waals surface area contributed by atoms with Crippen LogP contribution in [0.2, 0.25) is 0 Å². The number of rotatable bonds is 1. The Labute approximate surface area is 151 Å².